The summed E-state index contributed by atoms with van der Waals surface area (Å²) in [4.78, 5) is 22.5. The molecular weight excluding hydrogens is 351 g/mol. The number of amides is 1. The summed E-state index contributed by atoms with van der Waals surface area (Å²) in [6.45, 7) is 3.62. The standard InChI is InChI=1S/C19H19FN4OS/c1-9-5-11-3-4-13(6-12(11)7-14(9)20)24-18(25)17-15(21)16-19(26-17)23-10(2)8-22-16/h5,7-8,13H,3-4,6,21H2,1-2H3,(H,24,25)/t13-/m0/s1. The van der Waals surface area contributed by atoms with Crippen LogP contribution in [-0.4, -0.2) is 21.9 Å². The van der Waals surface area contributed by atoms with Crippen molar-refractivity contribution in [2.75, 3.05) is 5.73 Å². The fraction of sp³-hybridized carbons (Fsp3) is 0.316. The maximum absolute atomic E-state index is 13.8. The number of fused-ring (bicyclic) bond motifs is 2. The number of nitrogens with two attached hydrogens (primary N) is 1. The lowest BCUT2D eigenvalue weighted by molar-refractivity contribution is 0.0938. The van der Waals surface area contributed by atoms with Gasteiger partial charge in [-0.05, 0) is 55.9 Å². The molecule has 7 heteroatoms. The van der Waals surface area contributed by atoms with Gasteiger partial charge in [-0.1, -0.05) is 6.07 Å². The molecule has 0 saturated heterocycles. The molecule has 0 unspecified atom stereocenters. The zero-order valence-electron chi connectivity index (χ0n) is 14.6. The summed E-state index contributed by atoms with van der Waals surface area (Å²) >= 11 is 1.25. The van der Waals surface area contributed by atoms with Crippen molar-refractivity contribution in [2.24, 2.45) is 0 Å². The number of halogens is 1. The number of anilines is 1. The van der Waals surface area contributed by atoms with Gasteiger partial charge in [0.2, 0.25) is 0 Å². The molecule has 1 amide bonds. The molecule has 1 aromatic carbocycles. The number of nitrogens with zero attached hydrogens (tertiary/aromatic N) is 2. The molecule has 4 rings (SSSR count). The zero-order chi connectivity index (χ0) is 18.4. The number of nitrogen functional groups attached to an aromatic ring is 1. The molecule has 1 aliphatic rings. The normalized spacial score (nSPS) is 16.5. The van der Waals surface area contributed by atoms with Gasteiger partial charge in [0.1, 0.15) is 21.0 Å². The second-order valence-corrected chi connectivity index (χ2v) is 7.79. The van der Waals surface area contributed by atoms with Gasteiger partial charge >= 0.3 is 0 Å². The third-order valence-corrected chi connectivity index (χ3v) is 5.90. The Kier molecular flexibility index (Phi) is 4.11. The fourth-order valence-corrected chi connectivity index (χ4v) is 4.42. The predicted octanol–water partition coefficient (Wildman–Crippen LogP) is 3.32. The van der Waals surface area contributed by atoms with Gasteiger partial charge in [0.25, 0.3) is 5.91 Å². The van der Waals surface area contributed by atoms with Gasteiger partial charge in [-0.15, -0.1) is 11.3 Å². The summed E-state index contributed by atoms with van der Waals surface area (Å²) in [7, 11) is 0. The molecule has 3 aromatic rings. The molecule has 0 saturated carbocycles. The molecule has 0 spiro atoms. The van der Waals surface area contributed by atoms with Crippen LogP contribution in [0.1, 0.15) is 38.5 Å². The molecule has 2 heterocycles. The molecular formula is C19H19FN4OS. The Morgan fingerprint density at radius 2 is 2.15 bits per heavy atom. The molecule has 3 N–H and O–H groups in total. The van der Waals surface area contributed by atoms with E-state index in [4.69, 9.17) is 5.73 Å². The van der Waals surface area contributed by atoms with E-state index >= 15 is 0 Å². The van der Waals surface area contributed by atoms with E-state index in [1.807, 2.05) is 13.0 Å². The maximum Gasteiger partial charge on any atom is 0.263 e. The van der Waals surface area contributed by atoms with E-state index in [9.17, 15) is 9.18 Å². The van der Waals surface area contributed by atoms with E-state index in [1.54, 1.807) is 19.2 Å². The van der Waals surface area contributed by atoms with Crippen LogP contribution in [-0.2, 0) is 12.8 Å². The highest BCUT2D eigenvalue weighted by Gasteiger charge is 2.24. The molecule has 1 aliphatic carbocycles. The van der Waals surface area contributed by atoms with Gasteiger partial charge in [-0.3, -0.25) is 4.79 Å². The zero-order valence-corrected chi connectivity index (χ0v) is 15.4. The second kappa shape index (κ2) is 6.32. The van der Waals surface area contributed by atoms with Crippen molar-refractivity contribution in [1.29, 1.82) is 0 Å². The first-order valence-electron chi connectivity index (χ1n) is 8.52. The summed E-state index contributed by atoms with van der Waals surface area (Å²) in [6.07, 6.45) is 3.91. The van der Waals surface area contributed by atoms with Crippen LogP contribution in [0.5, 0.6) is 0 Å². The second-order valence-electron chi connectivity index (χ2n) is 6.79. The fourth-order valence-electron chi connectivity index (χ4n) is 3.42. The number of hydrogen-bond acceptors (Lipinski definition) is 5. The van der Waals surface area contributed by atoms with Gasteiger partial charge in [0.15, 0.2) is 0 Å². The molecule has 0 radical (unpaired) electrons. The van der Waals surface area contributed by atoms with Crippen molar-refractivity contribution >= 4 is 33.3 Å². The van der Waals surface area contributed by atoms with Gasteiger partial charge in [0.05, 0.1) is 11.4 Å². The van der Waals surface area contributed by atoms with Crippen molar-refractivity contribution < 1.29 is 9.18 Å². The van der Waals surface area contributed by atoms with Gasteiger partial charge in [0, 0.05) is 12.2 Å². The lowest BCUT2D eigenvalue weighted by atomic mass is 9.87. The van der Waals surface area contributed by atoms with Gasteiger partial charge in [-0.25, -0.2) is 14.4 Å². The monoisotopic (exact) mass is 370 g/mol. The highest BCUT2D eigenvalue weighted by Crippen LogP contribution is 2.31. The number of aryl methyl sites for hydroxylation is 3. The lowest BCUT2D eigenvalue weighted by Gasteiger charge is -2.26. The van der Waals surface area contributed by atoms with Crippen molar-refractivity contribution in [2.45, 2.75) is 39.2 Å². The van der Waals surface area contributed by atoms with Crippen LogP contribution in [0, 0.1) is 19.7 Å². The molecule has 1 atom stereocenters. The minimum absolute atomic E-state index is 0.0376. The molecule has 2 aromatic heterocycles. The van der Waals surface area contributed by atoms with Crippen LogP contribution in [0.3, 0.4) is 0 Å². The Morgan fingerprint density at radius 3 is 2.96 bits per heavy atom. The van der Waals surface area contributed by atoms with Crippen molar-refractivity contribution in [3.8, 4) is 0 Å². The summed E-state index contributed by atoms with van der Waals surface area (Å²) in [5, 5.41) is 3.04. The number of nitrogens with one attached hydrogen (secondary N) is 1. The molecule has 0 aliphatic heterocycles. The SMILES string of the molecule is Cc1cnc2c(N)c(C(=O)N[C@H]3CCc4cc(C)c(F)cc4C3)sc2n1. The summed E-state index contributed by atoms with van der Waals surface area (Å²) in [5.74, 6) is -0.414. The topological polar surface area (TPSA) is 80.9 Å². The molecule has 134 valence electrons. The number of hydrogen-bond donors (Lipinski definition) is 2. The number of carbonyl (C=O) groups excluding carboxylic acids is 1. The molecule has 5 nitrogen and oxygen atoms in total. The number of benzene rings is 1. The number of carbonyl (C=O) groups is 1. The number of rotatable bonds is 2. The Bertz CT molecular complexity index is 1030. The number of aromatic nitrogens is 2. The van der Waals surface area contributed by atoms with Crippen LogP contribution in [0.25, 0.3) is 10.3 Å². The Balaban J connectivity index is 1.55. The smallest absolute Gasteiger partial charge is 0.263 e. The predicted molar refractivity (Wildman–Crippen MR) is 101 cm³/mol. The first-order valence-corrected chi connectivity index (χ1v) is 9.34. The maximum atomic E-state index is 13.8. The van der Waals surface area contributed by atoms with Crippen LogP contribution < -0.4 is 11.1 Å². The summed E-state index contributed by atoms with van der Waals surface area (Å²) in [6, 6.07) is 3.46. The lowest BCUT2D eigenvalue weighted by Crippen LogP contribution is -2.38. The quantitative estimate of drug-likeness (QED) is 0.725. The van der Waals surface area contributed by atoms with E-state index in [-0.39, 0.29) is 17.8 Å². The Morgan fingerprint density at radius 1 is 1.35 bits per heavy atom. The van der Waals surface area contributed by atoms with Crippen molar-refractivity contribution in [1.82, 2.24) is 15.3 Å². The third kappa shape index (κ3) is 2.92. The van der Waals surface area contributed by atoms with Crippen LogP contribution in [0.2, 0.25) is 0 Å². The largest absolute Gasteiger partial charge is 0.396 e. The first-order chi connectivity index (χ1) is 12.4. The van der Waals surface area contributed by atoms with E-state index in [0.29, 0.717) is 32.9 Å². The van der Waals surface area contributed by atoms with Crippen LogP contribution >= 0.6 is 11.3 Å². The van der Waals surface area contributed by atoms with Gasteiger partial charge < -0.3 is 11.1 Å². The highest BCUT2D eigenvalue weighted by atomic mass is 32.1. The number of thiophene rings is 1. The Labute approximate surface area is 154 Å². The molecule has 26 heavy (non-hydrogen) atoms. The van der Waals surface area contributed by atoms with Crippen LogP contribution in [0.4, 0.5) is 10.1 Å². The van der Waals surface area contributed by atoms with Gasteiger partial charge in [-0.2, -0.15) is 0 Å². The van der Waals surface area contributed by atoms with E-state index in [2.05, 4.69) is 15.3 Å². The Hall–Kier alpha value is -2.54. The first kappa shape index (κ1) is 16.9. The highest BCUT2D eigenvalue weighted by molar-refractivity contribution is 7.21. The molecule has 0 fully saturated rings. The minimum atomic E-state index is -0.217. The molecule has 0 bridgehead atoms. The average Bonchev–Trinajstić information content (AvgIpc) is 2.92. The van der Waals surface area contributed by atoms with Crippen molar-refractivity contribution in [3.63, 3.8) is 0 Å². The van der Waals surface area contributed by atoms with Crippen molar-refractivity contribution in [3.05, 3.63) is 51.4 Å². The van der Waals surface area contributed by atoms with E-state index < -0.39 is 0 Å². The third-order valence-electron chi connectivity index (χ3n) is 4.81. The van der Waals surface area contributed by atoms with E-state index in [0.717, 1.165) is 24.1 Å². The van der Waals surface area contributed by atoms with Crippen LogP contribution in [0.15, 0.2) is 18.3 Å². The average molecular weight is 370 g/mol. The van der Waals surface area contributed by atoms with E-state index in [1.165, 1.54) is 16.9 Å². The minimum Gasteiger partial charge on any atom is -0.396 e. The summed E-state index contributed by atoms with van der Waals surface area (Å²) in [5.41, 5.74) is 10.6. The summed E-state index contributed by atoms with van der Waals surface area (Å²) < 4.78 is 13.8.